The van der Waals surface area contributed by atoms with Gasteiger partial charge in [0.1, 0.15) is 18.1 Å². The lowest BCUT2D eigenvalue weighted by molar-refractivity contribution is -0.131. The Balaban J connectivity index is 2.15. The Morgan fingerprint density at radius 2 is 2.05 bits per heavy atom. The molecular weight excluding hydrogens is 270 g/mol. The summed E-state index contributed by atoms with van der Waals surface area (Å²) in [5, 5.41) is 16.5. The number of hydrogen-bond acceptors (Lipinski definition) is 4. The summed E-state index contributed by atoms with van der Waals surface area (Å²) in [6.07, 6.45) is 4.48. The molecule has 1 aromatic carbocycles. The molecule has 1 aromatic heterocycles. The van der Waals surface area contributed by atoms with Crippen LogP contribution in [0.25, 0.3) is 6.08 Å². The maximum absolute atomic E-state index is 10.5. The van der Waals surface area contributed by atoms with Crippen LogP contribution < -0.4 is 4.74 Å². The van der Waals surface area contributed by atoms with Crippen molar-refractivity contribution in [2.24, 2.45) is 7.05 Å². The van der Waals surface area contributed by atoms with Crippen LogP contribution in [0, 0.1) is 13.8 Å². The van der Waals surface area contributed by atoms with E-state index in [1.165, 1.54) is 0 Å². The molecule has 2 aromatic rings. The molecule has 0 fully saturated rings. The Kier molecular flexibility index (Phi) is 4.37. The number of nitrogens with zero attached hydrogens (tertiary/aromatic N) is 3. The summed E-state index contributed by atoms with van der Waals surface area (Å²) in [6, 6.07) is 3.77. The molecule has 0 spiro atoms. The van der Waals surface area contributed by atoms with E-state index in [1.807, 2.05) is 26.0 Å². The Bertz CT molecular complexity index is 666. The van der Waals surface area contributed by atoms with Gasteiger partial charge in [0.25, 0.3) is 0 Å². The second-order valence-corrected chi connectivity index (χ2v) is 4.83. The van der Waals surface area contributed by atoms with Crippen LogP contribution in [-0.2, 0) is 18.4 Å². The Morgan fingerprint density at radius 1 is 1.38 bits per heavy atom. The molecule has 1 heterocycles. The van der Waals surface area contributed by atoms with Gasteiger partial charge in [0, 0.05) is 13.1 Å². The first kappa shape index (κ1) is 14.8. The molecule has 0 aliphatic rings. The molecule has 0 aliphatic carbocycles. The molecule has 0 saturated heterocycles. The maximum atomic E-state index is 10.5. The molecule has 6 nitrogen and oxygen atoms in total. The Morgan fingerprint density at radius 3 is 2.57 bits per heavy atom. The number of carbonyl (C=O) groups is 1. The number of rotatable bonds is 5. The highest BCUT2D eigenvalue weighted by Gasteiger charge is 2.07. The standard InChI is InChI=1S/C15H17N3O3/c1-10-6-12(4-5-14(19)20)7-11(2)15(10)21-9-13-8-18(3)17-16-13/h4-8H,9H2,1-3H3,(H,19,20)/b5-4+. The number of carboxylic acids is 1. The van der Waals surface area contributed by atoms with Crippen molar-refractivity contribution in [3.05, 3.63) is 46.8 Å². The molecule has 0 aliphatic heterocycles. The van der Waals surface area contributed by atoms with E-state index in [0.29, 0.717) is 6.61 Å². The molecule has 2 rings (SSSR count). The van der Waals surface area contributed by atoms with Gasteiger partial charge in [-0.2, -0.15) is 0 Å². The number of carboxylic acid groups (broad SMARTS) is 1. The zero-order valence-corrected chi connectivity index (χ0v) is 12.2. The van der Waals surface area contributed by atoms with E-state index >= 15 is 0 Å². The fourth-order valence-electron chi connectivity index (χ4n) is 2.08. The Hall–Kier alpha value is -2.63. The number of aromatic nitrogens is 3. The summed E-state index contributed by atoms with van der Waals surface area (Å²) >= 11 is 0. The average molecular weight is 287 g/mol. The molecule has 1 N–H and O–H groups in total. The lowest BCUT2D eigenvalue weighted by atomic mass is 10.1. The number of aliphatic carboxylic acids is 1. The minimum absolute atomic E-state index is 0.347. The average Bonchev–Trinajstić information content (AvgIpc) is 2.81. The van der Waals surface area contributed by atoms with E-state index in [4.69, 9.17) is 9.84 Å². The smallest absolute Gasteiger partial charge is 0.328 e. The normalized spacial score (nSPS) is 11.0. The van der Waals surface area contributed by atoms with Crippen LogP contribution in [0.4, 0.5) is 0 Å². The molecule has 21 heavy (non-hydrogen) atoms. The second kappa shape index (κ2) is 6.21. The third kappa shape index (κ3) is 3.92. The first-order chi connectivity index (χ1) is 9.95. The predicted molar refractivity (Wildman–Crippen MR) is 77.9 cm³/mol. The first-order valence-electron chi connectivity index (χ1n) is 6.46. The number of aryl methyl sites for hydroxylation is 3. The van der Waals surface area contributed by atoms with Crippen LogP contribution in [0.1, 0.15) is 22.4 Å². The first-order valence-corrected chi connectivity index (χ1v) is 6.46. The van der Waals surface area contributed by atoms with Crippen LogP contribution in [0.15, 0.2) is 24.4 Å². The van der Waals surface area contributed by atoms with Crippen LogP contribution >= 0.6 is 0 Å². The van der Waals surface area contributed by atoms with Crippen molar-refractivity contribution in [2.75, 3.05) is 0 Å². The molecule has 0 bridgehead atoms. The van der Waals surface area contributed by atoms with Gasteiger partial charge in [-0.25, -0.2) is 4.79 Å². The van der Waals surface area contributed by atoms with Gasteiger partial charge in [-0.1, -0.05) is 5.21 Å². The zero-order chi connectivity index (χ0) is 15.4. The SMILES string of the molecule is Cc1cc(/C=C/C(=O)O)cc(C)c1OCc1cn(C)nn1. The van der Waals surface area contributed by atoms with E-state index in [0.717, 1.165) is 34.2 Å². The molecule has 0 unspecified atom stereocenters. The van der Waals surface area contributed by atoms with Crippen molar-refractivity contribution in [2.45, 2.75) is 20.5 Å². The summed E-state index contributed by atoms with van der Waals surface area (Å²) in [7, 11) is 1.80. The lowest BCUT2D eigenvalue weighted by Crippen LogP contribution is -2.00. The van der Waals surface area contributed by atoms with Crippen molar-refractivity contribution in [1.82, 2.24) is 15.0 Å². The number of hydrogen-bond donors (Lipinski definition) is 1. The van der Waals surface area contributed by atoms with Gasteiger partial charge in [0.05, 0.1) is 6.20 Å². The highest BCUT2D eigenvalue weighted by Crippen LogP contribution is 2.26. The summed E-state index contributed by atoms with van der Waals surface area (Å²) in [5.41, 5.74) is 3.48. The van der Waals surface area contributed by atoms with Crippen molar-refractivity contribution >= 4 is 12.0 Å². The fourth-order valence-corrected chi connectivity index (χ4v) is 2.08. The van der Waals surface area contributed by atoms with Crippen molar-refractivity contribution in [1.29, 1.82) is 0 Å². The highest BCUT2D eigenvalue weighted by atomic mass is 16.5. The van der Waals surface area contributed by atoms with Crippen LogP contribution in [0.2, 0.25) is 0 Å². The van der Waals surface area contributed by atoms with Gasteiger partial charge in [-0.3, -0.25) is 4.68 Å². The molecule has 0 radical (unpaired) electrons. The van der Waals surface area contributed by atoms with Gasteiger partial charge in [-0.05, 0) is 48.7 Å². The van der Waals surface area contributed by atoms with Gasteiger partial charge >= 0.3 is 5.97 Å². The van der Waals surface area contributed by atoms with Crippen molar-refractivity contribution in [3.8, 4) is 5.75 Å². The van der Waals surface area contributed by atoms with Gasteiger partial charge < -0.3 is 9.84 Å². The quantitative estimate of drug-likeness (QED) is 0.852. The third-order valence-electron chi connectivity index (χ3n) is 2.92. The molecular formula is C15H17N3O3. The molecule has 6 heteroatoms. The minimum atomic E-state index is -0.965. The number of benzene rings is 1. The van der Waals surface area contributed by atoms with Gasteiger partial charge in [0.2, 0.25) is 0 Å². The van der Waals surface area contributed by atoms with E-state index in [2.05, 4.69) is 10.3 Å². The highest BCUT2D eigenvalue weighted by molar-refractivity contribution is 5.85. The largest absolute Gasteiger partial charge is 0.487 e. The number of ether oxygens (including phenoxy) is 1. The van der Waals surface area contributed by atoms with Crippen molar-refractivity contribution in [3.63, 3.8) is 0 Å². The van der Waals surface area contributed by atoms with Crippen LogP contribution in [0.3, 0.4) is 0 Å². The van der Waals surface area contributed by atoms with E-state index in [9.17, 15) is 4.79 Å². The van der Waals surface area contributed by atoms with E-state index in [1.54, 1.807) is 24.0 Å². The van der Waals surface area contributed by atoms with E-state index < -0.39 is 5.97 Å². The molecule has 0 saturated carbocycles. The zero-order valence-electron chi connectivity index (χ0n) is 12.2. The summed E-state index contributed by atoms with van der Waals surface area (Å²) in [6.45, 7) is 4.20. The molecule has 0 atom stereocenters. The fraction of sp³-hybridized carbons (Fsp3) is 0.267. The third-order valence-corrected chi connectivity index (χ3v) is 2.92. The molecule has 110 valence electrons. The lowest BCUT2D eigenvalue weighted by Gasteiger charge is -2.12. The summed E-state index contributed by atoms with van der Waals surface area (Å²) in [5.74, 6) is -0.179. The second-order valence-electron chi connectivity index (χ2n) is 4.83. The van der Waals surface area contributed by atoms with E-state index in [-0.39, 0.29) is 0 Å². The van der Waals surface area contributed by atoms with Crippen LogP contribution in [0.5, 0.6) is 5.75 Å². The topological polar surface area (TPSA) is 77.2 Å². The Labute approximate surface area is 122 Å². The van der Waals surface area contributed by atoms with Gasteiger partial charge in [-0.15, -0.1) is 5.10 Å². The minimum Gasteiger partial charge on any atom is -0.487 e. The van der Waals surface area contributed by atoms with Gasteiger partial charge in [0.15, 0.2) is 0 Å². The van der Waals surface area contributed by atoms with Crippen LogP contribution in [-0.4, -0.2) is 26.1 Å². The predicted octanol–water partition coefficient (Wildman–Crippen LogP) is 2.11. The summed E-state index contributed by atoms with van der Waals surface area (Å²) in [4.78, 5) is 10.5. The summed E-state index contributed by atoms with van der Waals surface area (Å²) < 4.78 is 7.41. The van der Waals surface area contributed by atoms with Crippen molar-refractivity contribution < 1.29 is 14.6 Å². The molecule has 0 amide bonds. The monoisotopic (exact) mass is 287 g/mol. The maximum Gasteiger partial charge on any atom is 0.328 e.